The Balaban J connectivity index is 2.69. The Labute approximate surface area is 140 Å². The smallest absolute Gasteiger partial charge is 0.376 e. The van der Waals surface area contributed by atoms with E-state index in [0.29, 0.717) is 6.26 Å². The van der Waals surface area contributed by atoms with Gasteiger partial charge in [-0.2, -0.15) is 13.9 Å². The third kappa shape index (κ3) is 3.18. The van der Waals surface area contributed by atoms with Crippen molar-refractivity contribution in [2.24, 2.45) is 0 Å². The second-order valence-corrected chi connectivity index (χ2v) is 7.77. The number of alkyl halides is 2. The van der Waals surface area contributed by atoms with E-state index in [9.17, 15) is 22.3 Å². The fraction of sp³-hybridized carbons (Fsp3) is 0.333. The van der Waals surface area contributed by atoms with Crippen molar-refractivity contribution in [1.29, 1.82) is 0 Å². The molecule has 11 heteroatoms. The zero-order chi connectivity index (χ0) is 17.5. The van der Waals surface area contributed by atoms with Crippen LogP contribution < -0.4 is 0 Å². The Morgan fingerprint density at radius 2 is 2.00 bits per heavy atom. The predicted octanol–water partition coefficient (Wildman–Crippen LogP) is 2.11. The number of sulfone groups is 1. The molecule has 0 saturated heterocycles. The Kier molecular flexibility index (Phi) is 4.69. The molecule has 0 radical (unpaired) electrons. The lowest BCUT2D eigenvalue weighted by Gasteiger charge is -2.35. The van der Waals surface area contributed by atoms with Crippen molar-refractivity contribution >= 4 is 33.0 Å². The minimum Gasteiger partial charge on any atom is -0.376 e. The maximum atomic E-state index is 14.5. The molecular weight excluding hydrogens is 375 g/mol. The van der Waals surface area contributed by atoms with Crippen molar-refractivity contribution in [2.45, 2.75) is 17.4 Å². The zero-order valence-electron chi connectivity index (χ0n) is 11.6. The first-order valence-corrected chi connectivity index (χ1v) is 8.71. The third-order valence-corrected chi connectivity index (χ3v) is 5.00. The predicted molar refractivity (Wildman–Crippen MR) is 80.2 cm³/mol. The topological polar surface area (TPSA) is 85.1 Å². The lowest BCUT2D eigenvalue weighted by Crippen LogP contribution is -2.53. The summed E-state index contributed by atoms with van der Waals surface area (Å²) in [5.41, 5.74) is -3.66. The van der Waals surface area contributed by atoms with Gasteiger partial charge in [-0.25, -0.2) is 18.1 Å². The number of benzene rings is 1. The van der Waals surface area contributed by atoms with Crippen LogP contribution in [0.1, 0.15) is 5.56 Å². The summed E-state index contributed by atoms with van der Waals surface area (Å²) in [7, 11) is -4.97. The molecule has 1 N–H and O–H groups in total. The van der Waals surface area contributed by atoms with E-state index in [-0.39, 0.29) is 10.0 Å². The maximum absolute atomic E-state index is 14.5. The molecule has 23 heavy (non-hydrogen) atoms. The van der Waals surface area contributed by atoms with Crippen LogP contribution in [0.15, 0.2) is 30.9 Å². The molecule has 0 fully saturated rings. The van der Waals surface area contributed by atoms with Crippen molar-refractivity contribution in [3.8, 4) is 0 Å². The van der Waals surface area contributed by atoms with Gasteiger partial charge in [0.05, 0.1) is 6.54 Å². The Morgan fingerprint density at radius 1 is 1.35 bits per heavy atom. The first kappa shape index (κ1) is 18.1. The van der Waals surface area contributed by atoms with Crippen LogP contribution in [-0.2, 0) is 22.0 Å². The van der Waals surface area contributed by atoms with E-state index in [2.05, 4.69) is 10.1 Å². The van der Waals surface area contributed by atoms with Crippen LogP contribution in [0, 0.1) is 0 Å². The second-order valence-electron chi connectivity index (χ2n) is 4.87. The first-order chi connectivity index (χ1) is 10.5. The molecule has 1 heterocycles. The quantitative estimate of drug-likeness (QED) is 0.851. The molecule has 1 aromatic heterocycles. The Morgan fingerprint density at radius 3 is 2.48 bits per heavy atom. The summed E-state index contributed by atoms with van der Waals surface area (Å²) >= 11 is 11.6. The van der Waals surface area contributed by atoms with Crippen molar-refractivity contribution in [2.75, 3.05) is 6.26 Å². The van der Waals surface area contributed by atoms with Gasteiger partial charge in [0.15, 0.2) is 5.60 Å². The van der Waals surface area contributed by atoms with Crippen molar-refractivity contribution in [3.63, 3.8) is 0 Å². The van der Waals surface area contributed by atoms with Gasteiger partial charge >= 0.3 is 5.25 Å². The summed E-state index contributed by atoms with van der Waals surface area (Å²) < 4.78 is 53.1. The van der Waals surface area contributed by atoms with Crippen LogP contribution >= 0.6 is 23.2 Å². The summed E-state index contributed by atoms with van der Waals surface area (Å²) in [6, 6.07) is 3.39. The summed E-state index contributed by atoms with van der Waals surface area (Å²) in [5.74, 6) is 0. The highest BCUT2D eigenvalue weighted by atomic mass is 35.5. The van der Waals surface area contributed by atoms with Crippen LogP contribution in [0.5, 0.6) is 0 Å². The number of aromatic nitrogens is 3. The maximum Gasteiger partial charge on any atom is 0.379 e. The van der Waals surface area contributed by atoms with Crippen LogP contribution in [0.4, 0.5) is 8.78 Å². The van der Waals surface area contributed by atoms with Crippen LogP contribution in [0.25, 0.3) is 0 Å². The van der Waals surface area contributed by atoms with Gasteiger partial charge < -0.3 is 5.11 Å². The van der Waals surface area contributed by atoms with E-state index < -0.39 is 32.8 Å². The average molecular weight is 386 g/mol. The third-order valence-electron chi connectivity index (χ3n) is 3.18. The number of nitrogens with zero attached hydrogens (tertiary/aromatic N) is 3. The molecule has 0 bridgehead atoms. The highest BCUT2D eigenvalue weighted by Crippen LogP contribution is 2.45. The van der Waals surface area contributed by atoms with Gasteiger partial charge in [-0.1, -0.05) is 29.3 Å². The molecule has 0 amide bonds. The van der Waals surface area contributed by atoms with E-state index in [0.717, 1.165) is 29.5 Å². The van der Waals surface area contributed by atoms with Gasteiger partial charge in [-0.3, -0.25) is 0 Å². The molecule has 0 aliphatic rings. The SMILES string of the molecule is CS(=O)(=O)C(F)(F)[C@](O)(Cn1cncn1)c1ccc(Cl)cc1Cl. The van der Waals surface area contributed by atoms with E-state index in [1.54, 1.807) is 0 Å². The minimum atomic E-state index is -4.97. The molecule has 0 unspecified atom stereocenters. The van der Waals surface area contributed by atoms with Crippen LogP contribution in [0.2, 0.25) is 10.0 Å². The highest BCUT2D eigenvalue weighted by molar-refractivity contribution is 7.91. The van der Waals surface area contributed by atoms with Crippen LogP contribution in [-0.4, -0.2) is 39.8 Å². The van der Waals surface area contributed by atoms with Gasteiger partial charge in [-0.15, -0.1) is 0 Å². The van der Waals surface area contributed by atoms with Gasteiger partial charge in [0.25, 0.3) is 0 Å². The summed E-state index contributed by atoms with van der Waals surface area (Å²) in [6.07, 6.45) is 2.44. The van der Waals surface area contributed by atoms with Gasteiger partial charge in [-0.05, 0) is 12.1 Å². The minimum absolute atomic E-state index is 0.143. The normalized spacial score (nSPS) is 15.4. The molecular formula is C12H11Cl2F2N3O3S. The number of halogens is 4. The second kappa shape index (κ2) is 5.97. The van der Waals surface area contributed by atoms with E-state index in [1.165, 1.54) is 6.07 Å². The molecule has 1 atom stereocenters. The fourth-order valence-corrected chi connectivity index (χ4v) is 3.37. The molecule has 6 nitrogen and oxygen atoms in total. The van der Waals surface area contributed by atoms with Gasteiger partial charge in [0.1, 0.15) is 12.7 Å². The molecule has 126 valence electrons. The Hall–Kier alpha value is -1.29. The number of hydrogen-bond donors (Lipinski definition) is 1. The fourth-order valence-electron chi connectivity index (χ4n) is 2.01. The standard InChI is InChI=1S/C12H11Cl2F2N3O3S/c1-23(21,22)12(15,16)11(20,5-19-7-17-6-18-19)9-3-2-8(13)4-10(9)14/h2-4,6-7,20H,5H2,1H3/t11-/m0/s1. The molecule has 1 aromatic carbocycles. The molecule has 0 spiro atoms. The molecule has 2 aromatic rings. The lowest BCUT2D eigenvalue weighted by molar-refractivity contribution is -0.143. The summed E-state index contributed by atoms with van der Waals surface area (Å²) in [4.78, 5) is 3.57. The van der Waals surface area contributed by atoms with Crippen molar-refractivity contribution < 1.29 is 22.3 Å². The number of aliphatic hydroxyl groups is 1. The first-order valence-electron chi connectivity index (χ1n) is 6.07. The van der Waals surface area contributed by atoms with Crippen molar-refractivity contribution in [3.05, 3.63) is 46.5 Å². The molecule has 2 rings (SSSR count). The lowest BCUT2D eigenvalue weighted by atomic mass is 9.93. The van der Waals surface area contributed by atoms with Crippen molar-refractivity contribution in [1.82, 2.24) is 14.8 Å². The van der Waals surface area contributed by atoms with E-state index in [1.807, 2.05) is 0 Å². The van der Waals surface area contributed by atoms with E-state index >= 15 is 0 Å². The van der Waals surface area contributed by atoms with Gasteiger partial charge in [0, 0.05) is 21.9 Å². The number of rotatable bonds is 5. The number of hydrogen-bond acceptors (Lipinski definition) is 5. The summed E-state index contributed by atoms with van der Waals surface area (Å²) in [6.45, 7) is -0.881. The molecule has 0 aliphatic carbocycles. The average Bonchev–Trinajstić information content (AvgIpc) is 2.89. The molecule has 0 aliphatic heterocycles. The molecule has 0 saturated carbocycles. The van der Waals surface area contributed by atoms with Gasteiger partial charge in [0.2, 0.25) is 9.84 Å². The highest BCUT2D eigenvalue weighted by Gasteiger charge is 2.62. The monoisotopic (exact) mass is 385 g/mol. The summed E-state index contributed by atoms with van der Waals surface area (Å²) in [5, 5.41) is 9.56. The largest absolute Gasteiger partial charge is 0.379 e. The van der Waals surface area contributed by atoms with Crippen LogP contribution in [0.3, 0.4) is 0 Å². The Bertz CT molecular complexity index is 815. The van der Waals surface area contributed by atoms with E-state index in [4.69, 9.17) is 23.2 Å². The zero-order valence-corrected chi connectivity index (χ0v) is 13.9.